The summed E-state index contributed by atoms with van der Waals surface area (Å²) < 4.78 is 4.92. The molecule has 0 atom stereocenters. The molecule has 4 nitrogen and oxygen atoms in total. The topological polar surface area (TPSA) is 59.4 Å². The molecular weight excluding hydrogens is 194 g/mol. The number of carbonyl (C=O) groups is 1. The number of nitrogens with zero attached hydrogens (tertiary/aromatic N) is 1. The van der Waals surface area contributed by atoms with Gasteiger partial charge in [-0.05, 0) is 12.1 Å². The third-order valence-corrected chi connectivity index (χ3v) is 1.65. The number of rotatable bonds is 3. The second kappa shape index (κ2) is 4.09. The van der Waals surface area contributed by atoms with Crippen molar-refractivity contribution in [3.8, 4) is 5.75 Å². The molecule has 0 aromatic carbocycles. The Morgan fingerprint density at radius 1 is 1.69 bits per heavy atom. The minimum Gasteiger partial charge on any atom is -0.495 e. The molecule has 0 aliphatic rings. The smallest absolute Gasteiger partial charge is 0.309 e. The van der Waals surface area contributed by atoms with E-state index in [4.69, 9.17) is 21.4 Å². The molecule has 1 N–H and O–H groups in total. The van der Waals surface area contributed by atoms with Crippen LogP contribution in [0.1, 0.15) is 5.69 Å². The molecule has 0 aliphatic heterocycles. The predicted molar refractivity (Wildman–Crippen MR) is 47.1 cm³/mol. The van der Waals surface area contributed by atoms with Crippen LogP contribution >= 0.6 is 11.6 Å². The van der Waals surface area contributed by atoms with Gasteiger partial charge in [-0.3, -0.25) is 4.79 Å². The van der Waals surface area contributed by atoms with Gasteiger partial charge in [0.1, 0.15) is 10.9 Å². The minimum atomic E-state index is -0.965. The van der Waals surface area contributed by atoms with Gasteiger partial charge in [0.15, 0.2) is 0 Å². The van der Waals surface area contributed by atoms with Gasteiger partial charge in [0.25, 0.3) is 0 Å². The van der Waals surface area contributed by atoms with E-state index in [2.05, 4.69) is 4.98 Å². The Hall–Kier alpha value is -1.29. The van der Waals surface area contributed by atoms with Gasteiger partial charge < -0.3 is 9.84 Å². The van der Waals surface area contributed by atoms with E-state index < -0.39 is 5.97 Å². The second-order valence-electron chi connectivity index (χ2n) is 2.35. The lowest BCUT2D eigenvalue weighted by Gasteiger charge is -2.04. The van der Waals surface area contributed by atoms with E-state index in [1.807, 2.05) is 0 Å². The van der Waals surface area contributed by atoms with Crippen molar-refractivity contribution in [1.82, 2.24) is 4.98 Å². The number of methoxy groups -OCH3 is 1. The molecule has 0 bridgehead atoms. The first-order valence-corrected chi connectivity index (χ1v) is 3.92. The van der Waals surface area contributed by atoms with Crippen molar-refractivity contribution in [2.24, 2.45) is 0 Å². The average Bonchev–Trinajstić information content (AvgIpc) is 2.03. The van der Waals surface area contributed by atoms with E-state index in [-0.39, 0.29) is 11.6 Å². The maximum absolute atomic E-state index is 10.4. The van der Waals surface area contributed by atoms with Crippen molar-refractivity contribution in [3.05, 3.63) is 23.0 Å². The molecule has 1 rings (SSSR count). The lowest BCUT2D eigenvalue weighted by atomic mass is 10.2. The second-order valence-corrected chi connectivity index (χ2v) is 2.74. The molecule has 0 radical (unpaired) electrons. The Kier molecular flexibility index (Phi) is 3.08. The van der Waals surface area contributed by atoms with Gasteiger partial charge in [0.2, 0.25) is 0 Å². The fraction of sp³-hybridized carbons (Fsp3) is 0.250. The van der Waals surface area contributed by atoms with Crippen LogP contribution in [0.3, 0.4) is 0 Å². The summed E-state index contributed by atoms with van der Waals surface area (Å²) in [6.45, 7) is 0. The van der Waals surface area contributed by atoms with E-state index in [0.29, 0.717) is 11.4 Å². The van der Waals surface area contributed by atoms with Gasteiger partial charge >= 0.3 is 5.97 Å². The highest BCUT2D eigenvalue weighted by molar-refractivity contribution is 6.29. The van der Waals surface area contributed by atoms with Gasteiger partial charge in [-0.15, -0.1) is 0 Å². The van der Waals surface area contributed by atoms with Crippen LogP contribution in [0.4, 0.5) is 0 Å². The third-order valence-electron chi connectivity index (χ3n) is 1.44. The summed E-state index contributed by atoms with van der Waals surface area (Å²) >= 11 is 5.60. The largest absolute Gasteiger partial charge is 0.495 e. The molecule has 0 fully saturated rings. The van der Waals surface area contributed by atoms with Crippen LogP contribution in [0, 0.1) is 0 Å². The van der Waals surface area contributed by atoms with Crippen LogP contribution in [0.15, 0.2) is 12.1 Å². The number of carboxylic acids is 1. The maximum Gasteiger partial charge on any atom is 0.309 e. The molecule has 0 amide bonds. The monoisotopic (exact) mass is 201 g/mol. The molecule has 1 aromatic rings. The van der Waals surface area contributed by atoms with Crippen LogP contribution < -0.4 is 4.74 Å². The first-order valence-electron chi connectivity index (χ1n) is 3.54. The summed E-state index contributed by atoms with van der Waals surface area (Å²) in [5, 5.41) is 8.80. The zero-order valence-corrected chi connectivity index (χ0v) is 7.71. The zero-order chi connectivity index (χ0) is 9.84. The molecule has 0 saturated heterocycles. The predicted octanol–water partition coefficient (Wildman–Crippen LogP) is 1.37. The Labute approximate surface area is 80.1 Å². The Balaban J connectivity index is 3.01. The lowest BCUT2D eigenvalue weighted by molar-refractivity contribution is -0.136. The highest BCUT2D eigenvalue weighted by Crippen LogP contribution is 2.19. The molecule has 70 valence electrons. The summed E-state index contributed by atoms with van der Waals surface area (Å²) in [7, 11) is 1.45. The lowest BCUT2D eigenvalue weighted by Crippen LogP contribution is -2.04. The summed E-state index contributed by atoms with van der Waals surface area (Å²) in [6.07, 6.45) is -0.191. The Morgan fingerprint density at radius 3 is 2.92 bits per heavy atom. The number of ether oxygens (including phenoxy) is 1. The van der Waals surface area contributed by atoms with Crippen molar-refractivity contribution in [3.63, 3.8) is 0 Å². The first kappa shape index (κ1) is 9.80. The van der Waals surface area contributed by atoms with Gasteiger partial charge in [0.05, 0.1) is 19.2 Å². The quantitative estimate of drug-likeness (QED) is 0.751. The number of aliphatic carboxylic acids is 1. The summed E-state index contributed by atoms with van der Waals surface area (Å²) in [6, 6.07) is 3.14. The molecule has 13 heavy (non-hydrogen) atoms. The van der Waals surface area contributed by atoms with Gasteiger partial charge in [0, 0.05) is 0 Å². The fourth-order valence-corrected chi connectivity index (χ4v) is 1.08. The molecule has 1 heterocycles. The van der Waals surface area contributed by atoms with Gasteiger partial charge in [-0.25, -0.2) is 4.98 Å². The van der Waals surface area contributed by atoms with Crippen molar-refractivity contribution in [2.45, 2.75) is 6.42 Å². The number of halogens is 1. The summed E-state index contributed by atoms with van der Waals surface area (Å²) in [4.78, 5) is 14.3. The first-order chi connectivity index (χ1) is 6.13. The van der Waals surface area contributed by atoms with E-state index in [1.165, 1.54) is 7.11 Å². The van der Waals surface area contributed by atoms with Crippen molar-refractivity contribution in [2.75, 3.05) is 7.11 Å². The van der Waals surface area contributed by atoms with Crippen LogP contribution in [0.2, 0.25) is 5.15 Å². The van der Waals surface area contributed by atoms with Crippen LogP contribution in [-0.2, 0) is 11.2 Å². The van der Waals surface area contributed by atoms with Crippen LogP contribution in [-0.4, -0.2) is 23.2 Å². The van der Waals surface area contributed by atoms with Crippen LogP contribution in [0.5, 0.6) is 5.75 Å². The fourth-order valence-electron chi connectivity index (χ4n) is 0.918. The molecule has 5 heteroatoms. The molecule has 1 aromatic heterocycles. The highest BCUT2D eigenvalue weighted by atomic mass is 35.5. The van der Waals surface area contributed by atoms with Crippen molar-refractivity contribution in [1.29, 1.82) is 0 Å². The molecule has 0 saturated carbocycles. The Morgan fingerprint density at radius 2 is 2.38 bits per heavy atom. The number of carboxylic acid groups (broad SMARTS) is 1. The van der Waals surface area contributed by atoms with E-state index in [0.717, 1.165) is 0 Å². The van der Waals surface area contributed by atoms with Gasteiger partial charge in [-0.1, -0.05) is 11.6 Å². The molecule has 0 aliphatic carbocycles. The maximum atomic E-state index is 10.4. The number of hydrogen-bond acceptors (Lipinski definition) is 3. The van der Waals surface area contributed by atoms with Gasteiger partial charge in [-0.2, -0.15) is 0 Å². The third kappa shape index (κ3) is 2.59. The van der Waals surface area contributed by atoms with Crippen LogP contribution in [0.25, 0.3) is 0 Å². The standard InChI is InChI=1S/C8H8ClNO3/c1-13-6-2-3-7(9)10-5(6)4-8(11)12/h2-3H,4H2,1H3,(H,11,12). The highest BCUT2D eigenvalue weighted by Gasteiger charge is 2.09. The molecular formula is C8H8ClNO3. The molecule has 0 unspecified atom stereocenters. The normalized spacial score (nSPS) is 9.69. The van der Waals surface area contributed by atoms with Crippen molar-refractivity contribution >= 4 is 17.6 Å². The zero-order valence-electron chi connectivity index (χ0n) is 6.95. The summed E-state index contributed by atoms with van der Waals surface area (Å²) in [5.41, 5.74) is 0.336. The van der Waals surface area contributed by atoms with E-state index >= 15 is 0 Å². The van der Waals surface area contributed by atoms with E-state index in [1.54, 1.807) is 12.1 Å². The summed E-state index contributed by atoms with van der Waals surface area (Å²) in [5.74, 6) is -0.528. The minimum absolute atomic E-state index is 0.191. The number of hydrogen-bond donors (Lipinski definition) is 1. The molecule has 0 spiro atoms. The van der Waals surface area contributed by atoms with E-state index in [9.17, 15) is 4.79 Å². The number of aromatic nitrogens is 1. The number of pyridine rings is 1. The Bertz CT molecular complexity index is 327. The SMILES string of the molecule is COc1ccc(Cl)nc1CC(=O)O. The van der Waals surface area contributed by atoms with Crippen molar-refractivity contribution < 1.29 is 14.6 Å². The average molecular weight is 202 g/mol.